The third-order valence-electron chi connectivity index (χ3n) is 5.59. The second-order valence-electron chi connectivity index (χ2n) is 7.84. The Bertz CT molecular complexity index is 1420. The summed E-state index contributed by atoms with van der Waals surface area (Å²) in [5.41, 5.74) is 3.92. The lowest BCUT2D eigenvalue weighted by Crippen LogP contribution is -2.19. The van der Waals surface area contributed by atoms with E-state index < -0.39 is 5.97 Å². The highest BCUT2D eigenvalue weighted by molar-refractivity contribution is 6.14. The fourth-order valence-electron chi connectivity index (χ4n) is 3.78. The number of methoxy groups -OCH3 is 1. The first kappa shape index (κ1) is 21.4. The lowest BCUT2D eigenvalue weighted by molar-refractivity contribution is 0.0600. The zero-order valence-electron chi connectivity index (χ0n) is 18.5. The van der Waals surface area contributed by atoms with Crippen LogP contribution in [-0.4, -0.2) is 30.5 Å². The Hall–Kier alpha value is -4.45. The van der Waals surface area contributed by atoms with Gasteiger partial charge in [-0.3, -0.25) is 4.79 Å². The molecule has 5 rings (SSSR count). The zero-order valence-corrected chi connectivity index (χ0v) is 18.5. The molecule has 168 valence electrons. The SMILES string of the molecule is COC(=O)c1ccc(/C=C2\COc3ccc(OCc4ccc5ccccc5n4)cc3C2=O)cc1. The molecule has 0 bridgehead atoms. The molecule has 6 nitrogen and oxygen atoms in total. The average Bonchev–Trinajstić information content (AvgIpc) is 2.89. The number of pyridine rings is 1. The minimum absolute atomic E-state index is 0.118. The van der Waals surface area contributed by atoms with Gasteiger partial charge in [0.25, 0.3) is 0 Å². The van der Waals surface area contributed by atoms with Gasteiger partial charge in [0, 0.05) is 11.0 Å². The van der Waals surface area contributed by atoms with Crippen LogP contribution in [0.25, 0.3) is 17.0 Å². The monoisotopic (exact) mass is 451 g/mol. The minimum Gasteiger partial charge on any atom is -0.488 e. The van der Waals surface area contributed by atoms with Crippen LogP contribution in [0.1, 0.15) is 32.0 Å². The third kappa shape index (κ3) is 4.38. The molecule has 0 saturated heterocycles. The number of hydrogen-bond acceptors (Lipinski definition) is 6. The fraction of sp³-hybridized carbons (Fsp3) is 0.107. The van der Waals surface area contributed by atoms with Gasteiger partial charge in [0.05, 0.1) is 29.4 Å². The molecule has 0 amide bonds. The summed E-state index contributed by atoms with van der Waals surface area (Å²) in [5.74, 6) is 0.568. The number of fused-ring (bicyclic) bond motifs is 2. The molecule has 4 aromatic rings. The van der Waals surface area contributed by atoms with Gasteiger partial charge in [0.2, 0.25) is 0 Å². The van der Waals surface area contributed by atoms with Gasteiger partial charge < -0.3 is 14.2 Å². The maximum Gasteiger partial charge on any atom is 0.337 e. The van der Waals surface area contributed by atoms with Crippen LogP contribution in [0.2, 0.25) is 0 Å². The molecule has 1 aliphatic heterocycles. The number of hydrogen-bond donors (Lipinski definition) is 0. The van der Waals surface area contributed by atoms with Gasteiger partial charge in [-0.15, -0.1) is 0 Å². The smallest absolute Gasteiger partial charge is 0.337 e. The van der Waals surface area contributed by atoms with Crippen molar-refractivity contribution < 1.29 is 23.8 Å². The van der Waals surface area contributed by atoms with E-state index in [2.05, 4.69) is 4.98 Å². The quantitative estimate of drug-likeness (QED) is 0.304. The van der Waals surface area contributed by atoms with Crippen LogP contribution in [0, 0.1) is 0 Å². The van der Waals surface area contributed by atoms with E-state index in [-0.39, 0.29) is 19.0 Å². The van der Waals surface area contributed by atoms with Gasteiger partial charge in [-0.25, -0.2) is 9.78 Å². The highest BCUT2D eigenvalue weighted by atomic mass is 16.5. The van der Waals surface area contributed by atoms with Crippen molar-refractivity contribution in [3.8, 4) is 11.5 Å². The molecule has 0 aliphatic carbocycles. The van der Waals surface area contributed by atoms with Gasteiger partial charge in [0.1, 0.15) is 24.7 Å². The summed E-state index contributed by atoms with van der Waals surface area (Å²) in [6, 6.07) is 23.9. The number of ether oxygens (including phenoxy) is 3. The van der Waals surface area contributed by atoms with Gasteiger partial charge in [-0.05, 0) is 54.1 Å². The molecule has 1 aromatic heterocycles. The molecule has 0 fully saturated rings. The number of rotatable bonds is 5. The Balaban J connectivity index is 1.32. The predicted molar refractivity (Wildman–Crippen MR) is 128 cm³/mol. The highest BCUT2D eigenvalue weighted by Crippen LogP contribution is 2.31. The molecule has 1 aliphatic rings. The van der Waals surface area contributed by atoms with Crippen molar-refractivity contribution in [1.82, 2.24) is 4.98 Å². The molecular weight excluding hydrogens is 430 g/mol. The van der Waals surface area contributed by atoms with E-state index in [1.165, 1.54) is 7.11 Å². The Morgan fingerprint density at radius 2 is 1.85 bits per heavy atom. The number of aromatic nitrogens is 1. The average molecular weight is 451 g/mol. The summed E-state index contributed by atoms with van der Waals surface area (Å²) in [7, 11) is 1.34. The van der Waals surface area contributed by atoms with E-state index in [1.807, 2.05) is 36.4 Å². The summed E-state index contributed by atoms with van der Waals surface area (Å²) >= 11 is 0. The van der Waals surface area contributed by atoms with Gasteiger partial charge in [-0.1, -0.05) is 36.4 Å². The fourth-order valence-corrected chi connectivity index (χ4v) is 3.78. The van der Waals surface area contributed by atoms with Gasteiger partial charge >= 0.3 is 5.97 Å². The number of ketones is 1. The topological polar surface area (TPSA) is 74.7 Å². The van der Waals surface area contributed by atoms with E-state index in [1.54, 1.807) is 48.5 Å². The molecule has 0 radical (unpaired) electrons. The Morgan fingerprint density at radius 1 is 1.03 bits per heavy atom. The van der Waals surface area contributed by atoms with Gasteiger partial charge in [0.15, 0.2) is 5.78 Å². The molecule has 0 N–H and O–H groups in total. The molecule has 2 heterocycles. The van der Waals surface area contributed by atoms with Crippen molar-refractivity contribution in [2.24, 2.45) is 0 Å². The molecule has 0 spiro atoms. The number of carbonyl (C=O) groups excluding carboxylic acids is 2. The maximum absolute atomic E-state index is 13.1. The minimum atomic E-state index is -0.406. The molecular formula is C28H21NO5. The normalized spacial score (nSPS) is 13.9. The van der Waals surface area contributed by atoms with Crippen LogP contribution in [-0.2, 0) is 11.3 Å². The van der Waals surface area contributed by atoms with Crippen LogP contribution < -0.4 is 9.47 Å². The van der Waals surface area contributed by atoms with Crippen molar-refractivity contribution in [1.29, 1.82) is 0 Å². The zero-order chi connectivity index (χ0) is 23.5. The maximum atomic E-state index is 13.1. The number of nitrogens with zero attached hydrogens (tertiary/aromatic N) is 1. The Morgan fingerprint density at radius 3 is 2.68 bits per heavy atom. The Kier molecular flexibility index (Phi) is 5.79. The van der Waals surface area contributed by atoms with Crippen LogP contribution >= 0.6 is 0 Å². The first-order valence-electron chi connectivity index (χ1n) is 10.8. The summed E-state index contributed by atoms with van der Waals surface area (Å²) < 4.78 is 16.4. The number of benzene rings is 3. The van der Waals surface area contributed by atoms with Crippen LogP contribution in [0.4, 0.5) is 0 Å². The third-order valence-corrected chi connectivity index (χ3v) is 5.59. The molecule has 6 heteroatoms. The summed E-state index contributed by atoms with van der Waals surface area (Å²) in [6.07, 6.45) is 1.76. The van der Waals surface area contributed by atoms with E-state index in [9.17, 15) is 9.59 Å². The van der Waals surface area contributed by atoms with Crippen molar-refractivity contribution in [2.75, 3.05) is 13.7 Å². The standard InChI is InChI=1S/C28H21NO5/c1-32-28(31)20-8-6-18(7-9-20)14-21-16-34-26-13-12-23(15-24(26)27(21)30)33-17-22-11-10-19-4-2-3-5-25(19)29-22/h2-15H,16-17H2,1H3/b21-14+. The van der Waals surface area contributed by atoms with Crippen LogP contribution in [0.5, 0.6) is 11.5 Å². The summed E-state index contributed by atoms with van der Waals surface area (Å²) in [6.45, 7) is 0.458. The molecule has 0 saturated carbocycles. The molecule has 34 heavy (non-hydrogen) atoms. The first-order chi connectivity index (χ1) is 16.6. The molecule has 0 atom stereocenters. The second kappa shape index (κ2) is 9.19. The van der Waals surface area contributed by atoms with E-state index in [0.29, 0.717) is 28.2 Å². The first-order valence-corrected chi connectivity index (χ1v) is 10.8. The van der Waals surface area contributed by atoms with Crippen molar-refractivity contribution in [2.45, 2.75) is 6.61 Å². The van der Waals surface area contributed by atoms with E-state index >= 15 is 0 Å². The number of esters is 1. The lowest BCUT2D eigenvalue weighted by Gasteiger charge is -2.19. The molecule has 3 aromatic carbocycles. The van der Waals surface area contributed by atoms with E-state index in [4.69, 9.17) is 14.2 Å². The second-order valence-corrected chi connectivity index (χ2v) is 7.84. The number of Topliss-reactive ketones (excluding diaryl/α,β-unsaturated/α-hetero) is 1. The van der Waals surface area contributed by atoms with Crippen molar-refractivity contribution >= 4 is 28.7 Å². The van der Waals surface area contributed by atoms with Crippen LogP contribution in [0.3, 0.4) is 0 Å². The largest absolute Gasteiger partial charge is 0.488 e. The van der Waals surface area contributed by atoms with Crippen LogP contribution in [0.15, 0.2) is 84.4 Å². The lowest BCUT2D eigenvalue weighted by atomic mass is 9.98. The van der Waals surface area contributed by atoms with Crippen molar-refractivity contribution in [3.63, 3.8) is 0 Å². The Labute approximate surface area is 196 Å². The van der Waals surface area contributed by atoms with Gasteiger partial charge in [-0.2, -0.15) is 0 Å². The molecule has 0 unspecified atom stereocenters. The predicted octanol–water partition coefficient (Wildman–Crippen LogP) is 5.26. The number of carbonyl (C=O) groups is 2. The van der Waals surface area contributed by atoms with E-state index in [0.717, 1.165) is 22.2 Å². The van der Waals surface area contributed by atoms with Crippen molar-refractivity contribution in [3.05, 3.63) is 107 Å². The highest BCUT2D eigenvalue weighted by Gasteiger charge is 2.24. The summed E-state index contributed by atoms with van der Waals surface area (Å²) in [5, 5.41) is 1.07. The summed E-state index contributed by atoms with van der Waals surface area (Å²) in [4.78, 5) is 29.4. The number of para-hydroxylation sites is 1.